The fourth-order valence-corrected chi connectivity index (χ4v) is 1.54. The zero-order chi connectivity index (χ0) is 14.8. The molecule has 0 unspecified atom stereocenters. The normalized spacial score (nSPS) is 9.90. The van der Waals surface area contributed by atoms with Gasteiger partial charge in [0, 0.05) is 20.2 Å². The van der Waals surface area contributed by atoms with E-state index in [0.717, 1.165) is 11.3 Å². The standard InChI is InChI=1S/C14H20N2O4/c1-19-10-9-16-14(18)13(17)15-8-7-11-3-5-12(20-2)6-4-11/h3-6H,7-10H2,1-2H3,(H,15,17)(H,16,18). The van der Waals surface area contributed by atoms with Gasteiger partial charge in [-0.1, -0.05) is 12.1 Å². The van der Waals surface area contributed by atoms with E-state index in [2.05, 4.69) is 10.6 Å². The van der Waals surface area contributed by atoms with Gasteiger partial charge in [-0.25, -0.2) is 0 Å². The molecule has 0 aliphatic heterocycles. The first kappa shape index (κ1) is 16.0. The zero-order valence-corrected chi connectivity index (χ0v) is 11.8. The van der Waals surface area contributed by atoms with Gasteiger partial charge in [-0.15, -0.1) is 0 Å². The summed E-state index contributed by atoms with van der Waals surface area (Å²) in [5, 5.41) is 5.02. The van der Waals surface area contributed by atoms with E-state index in [1.165, 1.54) is 7.11 Å². The van der Waals surface area contributed by atoms with Crippen LogP contribution in [0.25, 0.3) is 0 Å². The van der Waals surface area contributed by atoms with Crippen molar-refractivity contribution in [3.8, 4) is 5.75 Å². The van der Waals surface area contributed by atoms with Gasteiger partial charge in [0.2, 0.25) is 0 Å². The summed E-state index contributed by atoms with van der Waals surface area (Å²) >= 11 is 0. The van der Waals surface area contributed by atoms with Gasteiger partial charge in [0.05, 0.1) is 13.7 Å². The predicted octanol–water partition coefficient (Wildman–Crippen LogP) is 0.117. The first-order valence-corrected chi connectivity index (χ1v) is 6.35. The number of carbonyl (C=O) groups excluding carboxylic acids is 2. The largest absolute Gasteiger partial charge is 0.497 e. The third-order valence-electron chi connectivity index (χ3n) is 2.66. The molecule has 0 bridgehead atoms. The molecule has 20 heavy (non-hydrogen) atoms. The third kappa shape index (κ3) is 5.71. The van der Waals surface area contributed by atoms with Crippen molar-refractivity contribution in [2.75, 3.05) is 33.9 Å². The van der Waals surface area contributed by atoms with Crippen LogP contribution in [0.4, 0.5) is 0 Å². The van der Waals surface area contributed by atoms with Crippen LogP contribution in [-0.2, 0) is 20.7 Å². The summed E-state index contributed by atoms with van der Waals surface area (Å²) < 4.78 is 9.83. The molecular weight excluding hydrogens is 260 g/mol. The number of nitrogens with one attached hydrogen (secondary N) is 2. The number of hydrogen-bond donors (Lipinski definition) is 2. The fraction of sp³-hybridized carbons (Fsp3) is 0.429. The number of carbonyl (C=O) groups is 2. The first-order valence-electron chi connectivity index (χ1n) is 6.35. The van der Waals surface area contributed by atoms with Crippen LogP contribution in [0.2, 0.25) is 0 Å². The Morgan fingerprint density at radius 1 is 1.00 bits per heavy atom. The van der Waals surface area contributed by atoms with Crippen LogP contribution in [0.15, 0.2) is 24.3 Å². The lowest BCUT2D eigenvalue weighted by Gasteiger charge is -2.06. The summed E-state index contributed by atoms with van der Waals surface area (Å²) in [5.41, 5.74) is 1.06. The Morgan fingerprint density at radius 3 is 2.15 bits per heavy atom. The maximum atomic E-state index is 11.4. The number of ether oxygens (including phenoxy) is 2. The van der Waals surface area contributed by atoms with Gasteiger partial charge in [-0.05, 0) is 24.1 Å². The highest BCUT2D eigenvalue weighted by Crippen LogP contribution is 2.11. The third-order valence-corrected chi connectivity index (χ3v) is 2.66. The van der Waals surface area contributed by atoms with Crippen molar-refractivity contribution in [3.05, 3.63) is 29.8 Å². The number of rotatable bonds is 7. The molecule has 1 aromatic carbocycles. The minimum Gasteiger partial charge on any atom is -0.497 e. The maximum absolute atomic E-state index is 11.4. The summed E-state index contributed by atoms with van der Waals surface area (Å²) in [6.45, 7) is 1.11. The Kier molecular flexibility index (Phi) is 7.13. The van der Waals surface area contributed by atoms with Gasteiger partial charge in [-0.3, -0.25) is 9.59 Å². The molecule has 110 valence electrons. The van der Waals surface area contributed by atoms with Crippen LogP contribution in [-0.4, -0.2) is 45.7 Å². The van der Waals surface area contributed by atoms with E-state index >= 15 is 0 Å². The molecule has 0 aliphatic carbocycles. The zero-order valence-electron chi connectivity index (χ0n) is 11.8. The number of hydrogen-bond acceptors (Lipinski definition) is 4. The van der Waals surface area contributed by atoms with Crippen LogP contribution in [0.1, 0.15) is 5.56 Å². The second kappa shape index (κ2) is 8.92. The van der Waals surface area contributed by atoms with Crippen molar-refractivity contribution in [1.29, 1.82) is 0 Å². The average Bonchev–Trinajstić information content (AvgIpc) is 2.48. The van der Waals surface area contributed by atoms with E-state index in [-0.39, 0.29) is 0 Å². The van der Waals surface area contributed by atoms with Gasteiger partial charge >= 0.3 is 11.8 Å². The molecule has 0 aliphatic rings. The highest BCUT2D eigenvalue weighted by atomic mass is 16.5. The van der Waals surface area contributed by atoms with Crippen LogP contribution in [0.5, 0.6) is 5.75 Å². The molecular formula is C14H20N2O4. The van der Waals surface area contributed by atoms with Gasteiger partial charge in [-0.2, -0.15) is 0 Å². The minimum atomic E-state index is -0.642. The van der Waals surface area contributed by atoms with E-state index in [0.29, 0.717) is 26.1 Å². The second-order valence-electron chi connectivity index (χ2n) is 4.10. The van der Waals surface area contributed by atoms with Crippen LogP contribution in [0.3, 0.4) is 0 Å². The van der Waals surface area contributed by atoms with Crippen LogP contribution >= 0.6 is 0 Å². The molecule has 0 radical (unpaired) electrons. The molecule has 0 atom stereocenters. The van der Waals surface area contributed by atoms with Crippen LogP contribution < -0.4 is 15.4 Å². The van der Waals surface area contributed by atoms with Gasteiger partial charge in [0.25, 0.3) is 0 Å². The summed E-state index contributed by atoms with van der Waals surface area (Å²) in [4.78, 5) is 22.8. The predicted molar refractivity (Wildman–Crippen MR) is 74.6 cm³/mol. The summed E-state index contributed by atoms with van der Waals surface area (Å²) in [7, 11) is 3.14. The second-order valence-corrected chi connectivity index (χ2v) is 4.10. The molecule has 0 spiro atoms. The van der Waals surface area contributed by atoms with E-state index in [1.807, 2.05) is 24.3 Å². The average molecular weight is 280 g/mol. The molecule has 6 heteroatoms. The summed E-state index contributed by atoms with van der Waals surface area (Å²) in [6, 6.07) is 7.55. The van der Waals surface area contributed by atoms with Crippen molar-refractivity contribution in [3.63, 3.8) is 0 Å². The molecule has 6 nitrogen and oxygen atoms in total. The smallest absolute Gasteiger partial charge is 0.309 e. The van der Waals surface area contributed by atoms with E-state index < -0.39 is 11.8 Å². The highest BCUT2D eigenvalue weighted by molar-refractivity contribution is 6.35. The van der Waals surface area contributed by atoms with Crippen LogP contribution in [0, 0.1) is 0 Å². The SMILES string of the molecule is COCCNC(=O)C(=O)NCCc1ccc(OC)cc1. The lowest BCUT2D eigenvalue weighted by atomic mass is 10.1. The molecule has 0 saturated carbocycles. The molecule has 0 fully saturated rings. The number of benzene rings is 1. The van der Waals surface area contributed by atoms with Gasteiger partial charge in [0.1, 0.15) is 5.75 Å². The van der Waals surface area contributed by atoms with Crippen molar-refractivity contribution < 1.29 is 19.1 Å². The Bertz CT molecular complexity index is 431. The Balaban J connectivity index is 2.25. The fourth-order valence-electron chi connectivity index (χ4n) is 1.54. The van der Waals surface area contributed by atoms with E-state index in [4.69, 9.17) is 9.47 Å². The number of methoxy groups -OCH3 is 2. The van der Waals surface area contributed by atoms with Crippen molar-refractivity contribution >= 4 is 11.8 Å². The lowest BCUT2D eigenvalue weighted by Crippen LogP contribution is -2.41. The van der Waals surface area contributed by atoms with Crippen molar-refractivity contribution in [2.24, 2.45) is 0 Å². The summed E-state index contributed by atoms with van der Waals surface area (Å²) in [6.07, 6.45) is 0.654. The summed E-state index contributed by atoms with van der Waals surface area (Å²) in [5.74, 6) is -0.485. The number of amides is 2. The molecule has 2 amide bonds. The minimum absolute atomic E-state index is 0.321. The molecule has 2 N–H and O–H groups in total. The van der Waals surface area contributed by atoms with Gasteiger partial charge in [0.15, 0.2) is 0 Å². The first-order chi connectivity index (χ1) is 9.67. The molecule has 1 aromatic rings. The maximum Gasteiger partial charge on any atom is 0.309 e. The lowest BCUT2D eigenvalue weighted by molar-refractivity contribution is -0.139. The van der Waals surface area contributed by atoms with E-state index in [1.54, 1.807) is 7.11 Å². The van der Waals surface area contributed by atoms with Crippen molar-refractivity contribution in [2.45, 2.75) is 6.42 Å². The molecule has 0 aromatic heterocycles. The highest BCUT2D eigenvalue weighted by Gasteiger charge is 2.11. The Morgan fingerprint density at radius 2 is 1.60 bits per heavy atom. The molecule has 0 heterocycles. The molecule has 1 rings (SSSR count). The molecule has 0 saturated heterocycles. The quantitative estimate of drug-likeness (QED) is 0.549. The monoisotopic (exact) mass is 280 g/mol. The van der Waals surface area contributed by atoms with Crippen molar-refractivity contribution in [1.82, 2.24) is 10.6 Å². The Labute approximate surface area is 118 Å². The Hall–Kier alpha value is -2.08. The van der Waals surface area contributed by atoms with E-state index in [9.17, 15) is 9.59 Å². The van der Waals surface area contributed by atoms with Gasteiger partial charge < -0.3 is 20.1 Å². The topological polar surface area (TPSA) is 76.7 Å².